The highest BCUT2D eigenvalue weighted by Crippen LogP contribution is 2.30. The number of hydrogen-bond acceptors (Lipinski definition) is 7. The van der Waals surface area contributed by atoms with E-state index in [-0.39, 0.29) is 29.8 Å². The summed E-state index contributed by atoms with van der Waals surface area (Å²) in [5.41, 5.74) is 7.55. The van der Waals surface area contributed by atoms with E-state index in [1.165, 1.54) is 13.2 Å². The van der Waals surface area contributed by atoms with E-state index in [9.17, 15) is 18.4 Å². The zero-order valence-corrected chi connectivity index (χ0v) is 20.2. The third-order valence-corrected chi connectivity index (χ3v) is 6.40. The van der Waals surface area contributed by atoms with E-state index in [0.717, 1.165) is 12.1 Å². The number of nitrogens with zero attached hydrogens (tertiary/aromatic N) is 2. The molecule has 37 heavy (non-hydrogen) atoms. The second-order valence-electron chi connectivity index (χ2n) is 8.78. The smallest absolute Gasteiger partial charge is 0.327 e. The number of anilines is 1. The van der Waals surface area contributed by atoms with E-state index < -0.39 is 23.6 Å². The number of pyridine rings is 1. The molecule has 1 fully saturated rings. The summed E-state index contributed by atoms with van der Waals surface area (Å²) in [6.45, 7) is 0.586. The third-order valence-electron chi connectivity index (χ3n) is 6.40. The average molecular weight is 508 g/mol. The van der Waals surface area contributed by atoms with Crippen molar-refractivity contribution in [2.45, 2.75) is 24.9 Å². The molecular formula is C27H27F2N5O3. The molecule has 2 atom stereocenters. The SMILES string of the molecule is COC(=O)[C@@H](c1c(F)cccc1F)N1CCC[C@@H](NC(=O)c2ccc(N)c(C(=N)c3ccncc3)c2)C1. The Hall–Kier alpha value is -4.18. The highest BCUT2D eigenvalue weighted by molar-refractivity contribution is 6.14. The van der Waals surface area contributed by atoms with Crippen LogP contribution in [0.4, 0.5) is 14.5 Å². The molecule has 10 heteroatoms. The lowest BCUT2D eigenvalue weighted by molar-refractivity contribution is -0.148. The molecule has 4 N–H and O–H groups in total. The second-order valence-corrected chi connectivity index (χ2v) is 8.78. The van der Waals surface area contributed by atoms with Crippen LogP contribution in [0.25, 0.3) is 0 Å². The molecule has 192 valence electrons. The van der Waals surface area contributed by atoms with Gasteiger partial charge in [0.1, 0.15) is 17.7 Å². The van der Waals surface area contributed by atoms with Crippen molar-refractivity contribution in [2.75, 3.05) is 25.9 Å². The molecule has 0 unspecified atom stereocenters. The van der Waals surface area contributed by atoms with Crippen molar-refractivity contribution in [3.8, 4) is 0 Å². The molecule has 3 aromatic rings. The summed E-state index contributed by atoms with van der Waals surface area (Å²) in [4.78, 5) is 31.3. The van der Waals surface area contributed by atoms with Crippen molar-refractivity contribution in [1.29, 1.82) is 5.41 Å². The second kappa shape index (κ2) is 11.3. The molecule has 4 rings (SSSR count). The van der Waals surface area contributed by atoms with Gasteiger partial charge < -0.3 is 15.8 Å². The number of nitrogen functional groups attached to an aromatic ring is 1. The van der Waals surface area contributed by atoms with Gasteiger partial charge in [-0.25, -0.2) is 13.6 Å². The molecule has 1 aromatic heterocycles. The molecule has 0 radical (unpaired) electrons. The van der Waals surface area contributed by atoms with Crippen LogP contribution in [0.1, 0.15) is 45.9 Å². The predicted molar refractivity (Wildman–Crippen MR) is 134 cm³/mol. The highest BCUT2D eigenvalue weighted by atomic mass is 19.1. The Morgan fingerprint density at radius 2 is 1.84 bits per heavy atom. The number of halogens is 2. The van der Waals surface area contributed by atoms with Gasteiger partial charge >= 0.3 is 5.97 Å². The van der Waals surface area contributed by atoms with E-state index in [1.54, 1.807) is 47.6 Å². The number of benzene rings is 2. The largest absolute Gasteiger partial charge is 0.468 e. The topological polar surface area (TPSA) is 121 Å². The number of esters is 1. The summed E-state index contributed by atoms with van der Waals surface area (Å²) in [5, 5.41) is 11.4. The maximum Gasteiger partial charge on any atom is 0.327 e. The van der Waals surface area contributed by atoms with Crippen molar-refractivity contribution < 1.29 is 23.1 Å². The maximum atomic E-state index is 14.6. The number of nitrogens with two attached hydrogens (primary N) is 1. The molecule has 2 aromatic carbocycles. The molecule has 8 nitrogen and oxygen atoms in total. The molecule has 0 bridgehead atoms. The van der Waals surface area contributed by atoms with Crippen LogP contribution < -0.4 is 11.1 Å². The summed E-state index contributed by atoms with van der Waals surface area (Å²) in [6.07, 6.45) is 4.35. The summed E-state index contributed by atoms with van der Waals surface area (Å²) < 4.78 is 34.0. The number of nitrogens with one attached hydrogen (secondary N) is 2. The normalized spacial score (nSPS) is 16.6. The minimum absolute atomic E-state index is 0.159. The summed E-state index contributed by atoms with van der Waals surface area (Å²) >= 11 is 0. The van der Waals surface area contributed by atoms with E-state index >= 15 is 0 Å². The van der Waals surface area contributed by atoms with E-state index in [1.807, 2.05) is 0 Å². The van der Waals surface area contributed by atoms with Crippen molar-refractivity contribution in [2.24, 2.45) is 0 Å². The first-order valence-electron chi connectivity index (χ1n) is 11.8. The number of rotatable bonds is 7. The number of carbonyl (C=O) groups excluding carboxylic acids is 2. The number of aromatic nitrogens is 1. The number of hydrogen-bond donors (Lipinski definition) is 3. The number of likely N-dealkylation sites (tertiary alicyclic amines) is 1. The highest BCUT2D eigenvalue weighted by Gasteiger charge is 2.36. The van der Waals surface area contributed by atoms with Gasteiger partial charge in [-0.3, -0.25) is 20.1 Å². The van der Waals surface area contributed by atoms with Crippen molar-refractivity contribution in [3.63, 3.8) is 0 Å². The summed E-state index contributed by atoms with van der Waals surface area (Å²) in [7, 11) is 1.17. The van der Waals surface area contributed by atoms with Crippen LogP contribution in [0.3, 0.4) is 0 Å². The Labute approximate surface area is 213 Å². The van der Waals surface area contributed by atoms with Crippen LogP contribution in [-0.4, -0.2) is 53.7 Å². The zero-order valence-electron chi connectivity index (χ0n) is 20.2. The first-order valence-corrected chi connectivity index (χ1v) is 11.8. The first kappa shape index (κ1) is 25.9. The number of ether oxygens (including phenoxy) is 1. The Morgan fingerprint density at radius 3 is 2.51 bits per heavy atom. The average Bonchev–Trinajstić information content (AvgIpc) is 2.91. The minimum atomic E-state index is -1.28. The molecule has 1 amide bonds. The fourth-order valence-electron chi connectivity index (χ4n) is 4.55. The van der Waals surface area contributed by atoms with Gasteiger partial charge in [-0.1, -0.05) is 6.07 Å². The Bertz CT molecular complexity index is 1300. The molecular weight excluding hydrogens is 480 g/mol. The number of methoxy groups -OCH3 is 1. The maximum absolute atomic E-state index is 14.6. The summed E-state index contributed by atoms with van der Waals surface area (Å²) in [5.74, 6) is -2.85. The van der Waals surface area contributed by atoms with Crippen molar-refractivity contribution >= 4 is 23.3 Å². The molecule has 0 saturated carbocycles. The molecule has 1 saturated heterocycles. The lowest BCUT2D eigenvalue weighted by Gasteiger charge is -2.37. The quantitative estimate of drug-likeness (QED) is 0.256. The van der Waals surface area contributed by atoms with E-state index in [0.29, 0.717) is 41.8 Å². The van der Waals surface area contributed by atoms with Gasteiger partial charge in [-0.05, 0) is 61.9 Å². The summed E-state index contributed by atoms with van der Waals surface area (Å²) in [6, 6.07) is 9.82. The van der Waals surface area contributed by atoms with Crippen LogP contribution in [0.2, 0.25) is 0 Å². The first-order chi connectivity index (χ1) is 17.8. The van der Waals surface area contributed by atoms with Gasteiger partial charge in [0.15, 0.2) is 0 Å². The van der Waals surface area contributed by atoms with Gasteiger partial charge in [0, 0.05) is 47.4 Å². The van der Waals surface area contributed by atoms with E-state index in [4.69, 9.17) is 15.9 Å². The van der Waals surface area contributed by atoms with Gasteiger partial charge in [-0.15, -0.1) is 0 Å². The molecule has 0 spiro atoms. The fraction of sp³-hybridized carbons (Fsp3) is 0.259. The zero-order chi connectivity index (χ0) is 26.5. The number of amides is 1. The number of piperidine rings is 1. The predicted octanol–water partition coefficient (Wildman–Crippen LogP) is 3.47. The van der Waals surface area contributed by atoms with Crippen LogP contribution in [0.5, 0.6) is 0 Å². The lowest BCUT2D eigenvalue weighted by atomic mass is 9.97. The monoisotopic (exact) mass is 507 g/mol. The number of carbonyl (C=O) groups is 2. The van der Waals surface area contributed by atoms with E-state index in [2.05, 4.69) is 10.3 Å². The van der Waals surface area contributed by atoms with Crippen LogP contribution in [0.15, 0.2) is 60.9 Å². The van der Waals surface area contributed by atoms with Crippen molar-refractivity contribution in [3.05, 3.63) is 94.8 Å². The van der Waals surface area contributed by atoms with Crippen LogP contribution in [0, 0.1) is 17.0 Å². The Morgan fingerprint density at radius 1 is 1.14 bits per heavy atom. The fourth-order valence-corrected chi connectivity index (χ4v) is 4.55. The van der Waals surface area contributed by atoms with Gasteiger partial charge in [0.2, 0.25) is 0 Å². The standard InChI is InChI=1S/C27H27F2N5O3/c1-37-27(36)25(23-20(28)5-2-6-21(23)29)34-13-3-4-18(15-34)33-26(35)17-7-8-22(30)19(14-17)24(31)16-9-11-32-12-10-16/h2,5-12,14,18,25,31H,3-4,13,15,30H2,1H3,(H,33,35)/t18-,25-/m1/s1. The van der Waals surface area contributed by atoms with Crippen LogP contribution in [-0.2, 0) is 9.53 Å². The lowest BCUT2D eigenvalue weighted by Crippen LogP contribution is -2.50. The minimum Gasteiger partial charge on any atom is -0.468 e. The van der Waals surface area contributed by atoms with Crippen LogP contribution >= 0.6 is 0 Å². The third kappa shape index (κ3) is 5.64. The Kier molecular flexibility index (Phi) is 7.88. The van der Waals surface area contributed by atoms with Gasteiger partial charge in [-0.2, -0.15) is 0 Å². The molecule has 0 aliphatic carbocycles. The van der Waals surface area contributed by atoms with Gasteiger partial charge in [0.05, 0.1) is 18.4 Å². The molecule has 1 aliphatic heterocycles. The Balaban J connectivity index is 1.53. The molecule has 2 heterocycles. The van der Waals surface area contributed by atoms with Gasteiger partial charge in [0.25, 0.3) is 5.91 Å². The molecule has 1 aliphatic rings. The van der Waals surface area contributed by atoms with Crippen molar-refractivity contribution in [1.82, 2.24) is 15.2 Å².